The van der Waals surface area contributed by atoms with Crippen molar-refractivity contribution in [2.24, 2.45) is 11.8 Å². The van der Waals surface area contributed by atoms with Crippen LogP contribution in [0.15, 0.2) is 0 Å². The minimum Gasteiger partial charge on any atom is -0.342 e. The lowest BCUT2D eigenvalue weighted by atomic mass is 9.98. The minimum absolute atomic E-state index is 0.295. The molecule has 2 fully saturated rings. The highest BCUT2D eigenvalue weighted by Crippen LogP contribution is 2.30. The maximum atomic E-state index is 11.8. The Hall–Kier alpha value is -0.570. The molecule has 2 aliphatic rings. The van der Waals surface area contributed by atoms with E-state index in [0.717, 1.165) is 31.5 Å². The molecule has 0 spiro atoms. The third-order valence-electron chi connectivity index (χ3n) is 4.18. The normalized spacial score (nSPS) is 29.9. The molecule has 1 heterocycles. The van der Waals surface area contributed by atoms with Gasteiger partial charge in [0.05, 0.1) is 6.54 Å². The van der Waals surface area contributed by atoms with Crippen molar-refractivity contribution < 1.29 is 4.79 Å². The van der Waals surface area contributed by atoms with Crippen molar-refractivity contribution in [1.29, 1.82) is 0 Å². The van der Waals surface area contributed by atoms with Gasteiger partial charge in [-0.1, -0.05) is 19.8 Å². The highest BCUT2D eigenvalue weighted by molar-refractivity contribution is 5.78. The molecule has 1 N–H and O–H groups in total. The molecule has 2 atom stereocenters. The smallest absolute Gasteiger partial charge is 0.236 e. The van der Waals surface area contributed by atoms with E-state index in [-0.39, 0.29) is 0 Å². The summed E-state index contributed by atoms with van der Waals surface area (Å²) >= 11 is 0. The van der Waals surface area contributed by atoms with Crippen LogP contribution < -0.4 is 5.32 Å². The zero-order valence-electron chi connectivity index (χ0n) is 10.4. The predicted molar refractivity (Wildman–Crippen MR) is 65.2 cm³/mol. The summed E-state index contributed by atoms with van der Waals surface area (Å²) < 4.78 is 0. The second-order valence-electron chi connectivity index (χ2n) is 5.39. The number of hydrogen-bond acceptors (Lipinski definition) is 2. The Morgan fingerprint density at radius 2 is 2.00 bits per heavy atom. The number of nitrogens with one attached hydrogen (secondary N) is 1. The van der Waals surface area contributed by atoms with E-state index in [1.54, 1.807) is 0 Å². The number of likely N-dealkylation sites (tertiary alicyclic amines) is 1. The van der Waals surface area contributed by atoms with Crippen LogP contribution in [-0.4, -0.2) is 37.0 Å². The Balaban J connectivity index is 1.61. The summed E-state index contributed by atoms with van der Waals surface area (Å²) in [7, 11) is 0. The van der Waals surface area contributed by atoms with Gasteiger partial charge >= 0.3 is 0 Å². The number of carbonyl (C=O) groups excluding carboxylic acids is 1. The fourth-order valence-electron chi connectivity index (χ4n) is 2.97. The fraction of sp³-hybridized carbons (Fsp3) is 0.923. The van der Waals surface area contributed by atoms with Gasteiger partial charge in [-0.3, -0.25) is 4.79 Å². The van der Waals surface area contributed by atoms with Crippen molar-refractivity contribution in [3.05, 3.63) is 0 Å². The summed E-state index contributed by atoms with van der Waals surface area (Å²) in [5.41, 5.74) is 0. The molecular weight excluding hydrogens is 200 g/mol. The number of rotatable bonds is 4. The number of nitrogens with zero attached hydrogens (tertiary/aromatic N) is 1. The maximum absolute atomic E-state index is 11.8. The van der Waals surface area contributed by atoms with Crippen LogP contribution in [0.3, 0.4) is 0 Å². The Labute approximate surface area is 98.6 Å². The molecule has 1 saturated carbocycles. The van der Waals surface area contributed by atoms with E-state index in [1.807, 2.05) is 4.90 Å². The van der Waals surface area contributed by atoms with Crippen molar-refractivity contribution in [3.8, 4) is 0 Å². The van der Waals surface area contributed by atoms with Gasteiger partial charge in [0.2, 0.25) is 5.91 Å². The van der Waals surface area contributed by atoms with Crippen molar-refractivity contribution in [3.63, 3.8) is 0 Å². The van der Waals surface area contributed by atoms with Crippen LogP contribution in [0, 0.1) is 11.8 Å². The van der Waals surface area contributed by atoms with Crippen molar-refractivity contribution >= 4 is 5.91 Å². The Morgan fingerprint density at radius 1 is 1.25 bits per heavy atom. The van der Waals surface area contributed by atoms with E-state index in [1.165, 1.54) is 32.1 Å². The number of carbonyl (C=O) groups is 1. The molecule has 0 aromatic rings. The molecule has 0 aromatic carbocycles. The van der Waals surface area contributed by atoms with Crippen LogP contribution in [0.1, 0.15) is 39.0 Å². The van der Waals surface area contributed by atoms with E-state index in [4.69, 9.17) is 0 Å². The van der Waals surface area contributed by atoms with Gasteiger partial charge in [0, 0.05) is 13.1 Å². The molecule has 0 bridgehead atoms. The summed E-state index contributed by atoms with van der Waals surface area (Å²) in [6.45, 7) is 5.85. The average molecular weight is 224 g/mol. The van der Waals surface area contributed by atoms with E-state index in [9.17, 15) is 4.79 Å². The van der Waals surface area contributed by atoms with Crippen LogP contribution in [0.2, 0.25) is 0 Å². The largest absolute Gasteiger partial charge is 0.342 e. The van der Waals surface area contributed by atoms with Crippen LogP contribution in [0.5, 0.6) is 0 Å². The highest BCUT2D eigenvalue weighted by Gasteiger charge is 2.23. The molecule has 0 radical (unpaired) electrons. The van der Waals surface area contributed by atoms with Crippen molar-refractivity contribution in [2.45, 2.75) is 39.0 Å². The van der Waals surface area contributed by atoms with Crippen molar-refractivity contribution in [1.82, 2.24) is 10.2 Å². The van der Waals surface area contributed by atoms with Crippen LogP contribution >= 0.6 is 0 Å². The molecule has 1 amide bonds. The average Bonchev–Trinajstić information content (AvgIpc) is 2.90. The fourth-order valence-corrected chi connectivity index (χ4v) is 2.97. The van der Waals surface area contributed by atoms with Gasteiger partial charge in [0.15, 0.2) is 0 Å². The quantitative estimate of drug-likeness (QED) is 0.787. The molecule has 92 valence electrons. The summed E-state index contributed by atoms with van der Waals surface area (Å²) in [6.07, 6.45) is 6.45. The molecule has 1 saturated heterocycles. The van der Waals surface area contributed by atoms with Gasteiger partial charge in [0.25, 0.3) is 0 Å². The lowest BCUT2D eigenvalue weighted by Crippen LogP contribution is -2.38. The first kappa shape index (κ1) is 11.9. The van der Waals surface area contributed by atoms with Gasteiger partial charge in [-0.05, 0) is 37.6 Å². The summed E-state index contributed by atoms with van der Waals surface area (Å²) in [6, 6.07) is 0. The third-order valence-corrected chi connectivity index (χ3v) is 4.18. The first-order chi connectivity index (χ1) is 7.77. The molecule has 2 unspecified atom stereocenters. The highest BCUT2D eigenvalue weighted by atomic mass is 16.2. The van der Waals surface area contributed by atoms with Crippen molar-refractivity contribution in [2.75, 3.05) is 26.2 Å². The zero-order chi connectivity index (χ0) is 11.4. The van der Waals surface area contributed by atoms with E-state index >= 15 is 0 Å². The molecule has 16 heavy (non-hydrogen) atoms. The Kier molecular flexibility index (Phi) is 4.22. The summed E-state index contributed by atoms with van der Waals surface area (Å²) in [5, 5.41) is 3.34. The maximum Gasteiger partial charge on any atom is 0.236 e. The van der Waals surface area contributed by atoms with E-state index < -0.39 is 0 Å². The number of amides is 1. The standard InChI is InChI=1S/C13H24N2O/c1-11-5-4-6-12(11)9-14-10-13(16)15-7-2-3-8-15/h11-12,14H,2-10H2,1H3. The second-order valence-corrected chi connectivity index (χ2v) is 5.39. The molecule has 3 nitrogen and oxygen atoms in total. The lowest BCUT2D eigenvalue weighted by molar-refractivity contribution is -0.129. The molecular formula is C13H24N2O. The third kappa shape index (κ3) is 2.97. The first-order valence-electron chi connectivity index (χ1n) is 6.76. The van der Waals surface area contributed by atoms with Gasteiger partial charge in [-0.2, -0.15) is 0 Å². The first-order valence-corrected chi connectivity index (χ1v) is 6.76. The van der Waals surface area contributed by atoms with E-state index in [2.05, 4.69) is 12.2 Å². The summed E-state index contributed by atoms with van der Waals surface area (Å²) in [5.74, 6) is 1.93. The predicted octanol–water partition coefficient (Wildman–Crippen LogP) is 1.63. The topological polar surface area (TPSA) is 32.3 Å². The molecule has 1 aliphatic heterocycles. The summed E-state index contributed by atoms with van der Waals surface area (Å²) in [4.78, 5) is 13.8. The van der Waals surface area contributed by atoms with Crippen LogP contribution in [0.4, 0.5) is 0 Å². The Morgan fingerprint density at radius 3 is 2.62 bits per heavy atom. The van der Waals surface area contributed by atoms with E-state index in [0.29, 0.717) is 12.5 Å². The van der Waals surface area contributed by atoms with Gasteiger partial charge in [-0.25, -0.2) is 0 Å². The molecule has 3 heteroatoms. The Bertz CT molecular complexity index is 236. The zero-order valence-corrected chi connectivity index (χ0v) is 10.4. The minimum atomic E-state index is 0.295. The molecule has 1 aliphatic carbocycles. The van der Waals surface area contributed by atoms with Crippen LogP contribution in [-0.2, 0) is 4.79 Å². The van der Waals surface area contributed by atoms with Gasteiger partial charge < -0.3 is 10.2 Å². The molecule has 2 rings (SSSR count). The van der Waals surface area contributed by atoms with Crippen LogP contribution in [0.25, 0.3) is 0 Å². The van der Waals surface area contributed by atoms with Gasteiger partial charge in [-0.15, -0.1) is 0 Å². The molecule has 0 aromatic heterocycles. The lowest BCUT2D eigenvalue weighted by Gasteiger charge is -2.18. The SMILES string of the molecule is CC1CCCC1CNCC(=O)N1CCCC1. The van der Waals surface area contributed by atoms with Gasteiger partial charge in [0.1, 0.15) is 0 Å². The second kappa shape index (κ2) is 5.67. The monoisotopic (exact) mass is 224 g/mol. The number of hydrogen-bond donors (Lipinski definition) is 1.